The number of nitrogens with two attached hydrogens (primary N) is 1. The second-order valence-electron chi connectivity index (χ2n) is 12.7. The number of rotatable bonds is 21. The zero-order valence-electron chi connectivity index (χ0n) is 28.5. The smallest absolute Gasteiger partial charge is 0.481 e. The number of benzene rings is 1. The molecule has 0 radical (unpaired) electrons. The molecule has 0 heterocycles. The molecule has 49 heavy (non-hydrogen) atoms. The van der Waals surface area contributed by atoms with Crippen LogP contribution in [0.3, 0.4) is 0 Å². The van der Waals surface area contributed by atoms with E-state index in [0.717, 1.165) is 0 Å². The number of amides is 4. The summed E-state index contributed by atoms with van der Waals surface area (Å²) in [7, 11) is -4.80. The fourth-order valence-corrected chi connectivity index (χ4v) is 4.96. The Hall–Kier alpha value is -4.05. The second-order valence-corrected chi connectivity index (χ2v) is 13.8. The van der Waals surface area contributed by atoms with Gasteiger partial charge in [-0.05, 0) is 48.3 Å². The monoisotopic (exact) mass is 715 g/mol. The number of aliphatic carboxylic acids is 2. The normalized spacial score (nSPS) is 15.2. The topological polar surface area (TPSA) is 284 Å². The van der Waals surface area contributed by atoms with E-state index in [9.17, 15) is 43.5 Å². The first-order valence-electron chi connectivity index (χ1n) is 15.9. The predicted octanol–water partition coefficient (Wildman–Crippen LogP) is 0.665. The fraction of sp³-hybridized carbons (Fsp3) is 0.613. The Kier molecular flexibility index (Phi) is 17.4. The number of phosphoric ester groups is 1. The lowest BCUT2D eigenvalue weighted by Gasteiger charge is -2.29. The zero-order valence-corrected chi connectivity index (χ0v) is 29.4. The largest absolute Gasteiger partial charge is 0.524 e. The summed E-state index contributed by atoms with van der Waals surface area (Å²) in [6, 6.07) is -0.960. The Morgan fingerprint density at radius 3 is 1.80 bits per heavy atom. The molecule has 0 aliphatic rings. The molecule has 0 fully saturated rings. The zero-order chi connectivity index (χ0) is 37.6. The van der Waals surface area contributed by atoms with Crippen LogP contribution in [-0.2, 0) is 39.8 Å². The predicted molar refractivity (Wildman–Crippen MR) is 177 cm³/mol. The summed E-state index contributed by atoms with van der Waals surface area (Å²) in [5.74, 6) is -6.68. The van der Waals surface area contributed by atoms with E-state index in [-0.39, 0.29) is 36.8 Å². The molecule has 0 unspecified atom stereocenters. The minimum absolute atomic E-state index is 0.101. The van der Waals surface area contributed by atoms with Gasteiger partial charge in [-0.2, -0.15) is 0 Å². The molecule has 4 amide bonds. The summed E-state index contributed by atoms with van der Waals surface area (Å²) in [5.41, 5.74) is 6.30. The highest BCUT2D eigenvalue weighted by atomic mass is 31.2. The SMILES string of the molecule is CC[C@H](C)[C@H](NC(=O)[C@H](CCC(=O)O)NC(=O)[C@@H](N)C(C)C)C(=O)N[C@@H](CC(C)C)C(=O)N[C@@H](Cc1ccc(OP(=O)(O)O)cc1)C(=O)O. The average Bonchev–Trinajstić information content (AvgIpc) is 2.99. The third kappa shape index (κ3) is 15.8. The Bertz CT molecular complexity index is 1350. The second kappa shape index (κ2) is 19.8. The minimum Gasteiger partial charge on any atom is -0.481 e. The first-order chi connectivity index (χ1) is 22.6. The first kappa shape index (κ1) is 43.0. The summed E-state index contributed by atoms with van der Waals surface area (Å²) in [4.78, 5) is 94.3. The van der Waals surface area contributed by atoms with Crippen molar-refractivity contribution in [3.63, 3.8) is 0 Å². The number of hydrogen-bond donors (Lipinski definition) is 9. The van der Waals surface area contributed by atoms with Crippen LogP contribution in [0.4, 0.5) is 0 Å². The van der Waals surface area contributed by atoms with Crippen molar-refractivity contribution in [1.29, 1.82) is 0 Å². The van der Waals surface area contributed by atoms with Gasteiger partial charge in [0, 0.05) is 12.8 Å². The average molecular weight is 716 g/mol. The third-order valence-corrected chi connectivity index (χ3v) is 8.08. The van der Waals surface area contributed by atoms with E-state index in [1.807, 2.05) is 0 Å². The standard InChI is InChI=1S/C31H50N5O12P/c1-7-18(6)26(36-27(39)21(12-13-24(37)38)33-29(41)25(32)17(4)5)30(42)34-22(14-16(2)3)28(40)35-23(31(43)44)15-19-8-10-20(11-9-19)48-49(45,46)47/h8-11,16-18,21-23,25-26H,7,12-15,32H2,1-6H3,(H,33,41)(H,34,42)(H,35,40)(H,36,39)(H,37,38)(H,43,44)(H2,45,46,47)/t18-,21-,22-,23-,25-,26-/m0/s1. The lowest BCUT2D eigenvalue weighted by Crippen LogP contribution is -2.60. The van der Waals surface area contributed by atoms with Gasteiger partial charge >= 0.3 is 19.8 Å². The van der Waals surface area contributed by atoms with Crippen LogP contribution in [0, 0.1) is 17.8 Å². The Morgan fingerprint density at radius 1 is 0.796 bits per heavy atom. The molecule has 0 aromatic heterocycles. The Morgan fingerprint density at radius 2 is 1.33 bits per heavy atom. The highest BCUT2D eigenvalue weighted by Crippen LogP contribution is 2.37. The van der Waals surface area contributed by atoms with Crippen LogP contribution in [0.5, 0.6) is 5.75 Å². The van der Waals surface area contributed by atoms with E-state index in [1.54, 1.807) is 41.5 Å². The van der Waals surface area contributed by atoms with Gasteiger partial charge < -0.3 is 41.7 Å². The molecule has 1 aromatic carbocycles. The van der Waals surface area contributed by atoms with Crippen LogP contribution in [0.2, 0.25) is 0 Å². The number of hydrogen-bond acceptors (Lipinski definition) is 9. The fourth-order valence-electron chi connectivity index (χ4n) is 4.56. The number of phosphoric acid groups is 1. The molecule has 18 heteroatoms. The summed E-state index contributed by atoms with van der Waals surface area (Å²) < 4.78 is 15.5. The van der Waals surface area contributed by atoms with Gasteiger partial charge in [-0.15, -0.1) is 0 Å². The maximum atomic E-state index is 13.6. The number of carboxylic acid groups (broad SMARTS) is 2. The van der Waals surface area contributed by atoms with Crippen molar-refractivity contribution in [2.24, 2.45) is 23.5 Å². The lowest BCUT2D eigenvalue weighted by molar-refractivity contribution is -0.142. The van der Waals surface area contributed by atoms with E-state index < -0.39 is 85.9 Å². The molecule has 0 bridgehead atoms. The maximum Gasteiger partial charge on any atom is 0.524 e. The number of carbonyl (C=O) groups excluding carboxylic acids is 4. The van der Waals surface area contributed by atoms with Gasteiger partial charge in [-0.1, -0.05) is 60.1 Å². The Labute approximate surface area is 285 Å². The van der Waals surface area contributed by atoms with Crippen molar-refractivity contribution in [3.05, 3.63) is 29.8 Å². The molecule has 1 rings (SSSR count). The van der Waals surface area contributed by atoms with Crippen LogP contribution >= 0.6 is 7.82 Å². The number of nitrogens with one attached hydrogen (secondary N) is 4. The van der Waals surface area contributed by atoms with Crippen molar-refractivity contribution < 1.29 is 57.9 Å². The van der Waals surface area contributed by atoms with E-state index in [1.165, 1.54) is 24.3 Å². The Balaban J connectivity index is 3.20. The van der Waals surface area contributed by atoms with Crippen molar-refractivity contribution in [3.8, 4) is 5.75 Å². The van der Waals surface area contributed by atoms with Crippen molar-refractivity contribution in [2.75, 3.05) is 0 Å². The van der Waals surface area contributed by atoms with Gasteiger partial charge in [0.2, 0.25) is 23.6 Å². The summed E-state index contributed by atoms with van der Waals surface area (Å²) in [6.45, 7) is 10.4. The first-order valence-corrected chi connectivity index (χ1v) is 17.4. The summed E-state index contributed by atoms with van der Waals surface area (Å²) >= 11 is 0. The van der Waals surface area contributed by atoms with Gasteiger partial charge in [0.05, 0.1) is 6.04 Å². The minimum atomic E-state index is -4.80. The lowest BCUT2D eigenvalue weighted by atomic mass is 9.96. The van der Waals surface area contributed by atoms with E-state index in [4.69, 9.17) is 15.5 Å². The third-order valence-electron chi connectivity index (χ3n) is 7.64. The van der Waals surface area contributed by atoms with Gasteiger partial charge in [-0.25, -0.2) is 9.36 Å². The van der Waals surface area contributed by atoms with E-state index in [2.05, 4.69) is 25.8 Å². The molecule has 6 atom stereocenters. The highest BCUT2D eigenvalue weighted by molar-refractivity contribution is 7.46. The maximum absolute atomic E-state index is 13.6. The van der Waals surface area contributed by atoms with Gasteiger partial charge in [0.15, 0.2) is 0 Å². The quantitative estimate of drug-likeness (QED) is 0.0792. The van der Waals surface area contributed by atoms with Gasteiger partial charge in [-0.3, -0.25) is 33.8 Å². The molecule has 1 aromatic rings. The molecular weight excluding hydrogens is 665 g/mol. The molecule has 276 valence electrons. The van der Waals surface area contributed by atoms with Crippen LogP contribution in [0.15, 0.2) is 24.3 Å². The van der Waals surface area contributed by atoms with Crippen LogP contribution in [0.25, 0.3) is 0 Å². The van der Waals surface area contributed by atoms with E-state index >= 15 is 0 Å². The molecule has 0 aliphatic heterocycles. The molecule has 0 spiro atoms. The van der Waals surface area contributed by atoms with Crippen LogP contribution < -0.4 is 31.5 Å². The van der Waals surface area contributed by atoms with E-state index in [0.29, 0.717) is 12.0 Å². The summed E-state index contributed by atoms with van der Waals surface area (Å²) in [6.07, 6.45) is -0.440. The van der Waals surface area contributed by atoms with Gasteiger partial charge in [0.25, 0.3) is 0 Å². The van der Waals surface area contributed by atoms with Crippen LogP contribution in [-0.4, -0.2) is 85.8 Å². The molecule has 10 N–H and O–H groups in total. The molecule has 0 saturated carbocycles. The summed E-state index contributed by atoms with van der Waals surface area (Å²) in [5, 5.41) is 29.1. The molecular formula is C31H50N5O12P. The van der Waals surface area contributed by atoms with Crippen molar-refractivity contribution in [1.82, 2.24) is 21.3 Å². The highest BCUT2D eigenvalue weighted by Gasteiger charge is 2.34. The van der Waals surface area contributed by atoms with Crippen molar-refractivity contribution >= 4 is 43.4 Å². The molecule has 0 saturated heterocycles. The number of carboxylic acids is 2. The van der Waals surface area contributed by atoms with Gasteiger partial charge in [0.1, 0.15) is 29.9 Å². The molecule has 0 aliphatic carbocycles. The van der Waals surface area contributed by atoms with Crippen molar-refractivity contribution in [2.45, 2.75) is 104 Å². The molecule has 17 nitrogen and oxygen atoms in total. The van der Waals surface area contributed by atoms with Crippen LogP contribution in [0.1, 0.15) is 72.8 Å². The number of carbonyl (C=O) groups is 6.